The van der Waals surface area contributed by atoms with Crippen LogP contribution in [0.5, 0.6) is 5.75 Å². The summed E-state index contributed by atoms with van der Waals surface area (Å²) in [5.74, 6) is 0.340. The van der Waals surface area contributed by atoms with Crippen LogP contribution < -0.4 is 5.32 Å². The summed E-state index contributed by atoms with van der Waals surface area (Å²) < 4.78 is 0. The first-order chi connectivity index (χ1) is 8.11. The van der Waals surface area contributed by atoms with E-state index in [1.165, 1.54) is 5.56 Å². The normalized spacial score (nSPS) is 26.0. The molecule has 1 aromatic rings. The van der Waals surface area contributed by atoms with Gasteiger partial charge >= 0.3 is 0 Å². The zero-order chi connectivity index (χ0) is 12.3. The fourth-order valence-electron chi connectivity index (χ4n) is 2.38. The van der Waals surface area contributed by atoms with E-state index in [9.17, 15) is 5.11 Å². The third-order valence-electron chi connectivity index (χ3n) is 3.68. The third kappa shape index (κ3) is 3.20. The van der Waals surface area contributed by atoms with Crippen molar-refractivity contribution in [2.75, 3.05) is 19.6 Å². The monoisotopic (exact) mass is 234 g/mol. The molecule has 1 saturated heterocycles. The molecule has 3 heteroatoms. The van der Waals surface area contributed by atoms with Crippen LogP contribution in [0.3, 0.4) is 0 Å². The van der Waals surface area contributed by atoms with E-state index < -0.39 is 0 Å². The maximum absolute atomic E-state index is 9.26. The van der Waals surface area contributed by atoms with Crippen molar-refractivity contribution in [1.82, 2.24) is 10.2 Å². The minimum atomic E-state index is 0.245. The van der Waals surface area contributed by atoms with Crippen LogP contribution in [0.4, 0.5) is 0 Å². The van der Waals surface area contributed by atoms with Gasteiger partial charge < -0.3 is 10.4 Å². The smallest absolute Gasteiger partial charge is 0.115 e. The molecule has 2 rings (SSSR count). The zero-order valence-corrected chi connectivity index (χ0v) is 10.7. The van der Waals surface area contributed by atoms with Crippen molar-refractivity contribution in [3.05, 3.63) is 29.8 Å². The molecule has 1 aliphatic rings. The topological polar surface area (TPSA) is 35.5 Å². The van der Waals surface area contributed by atoms with E-state index in [0.717, 1.165) is 32.6 Å². The Balaban J connectivity index is 1.97. The molecule has 94 valence electrons. The van der Waals surface area contributed by atoms with Crippen molar-refractivity contribution in [2.45, 2.75) is 32.4 Å². The van der Waals surface area contributed by atoms with Crippen LogP contribution in [-0.4, -0.2) is 35.2 Å². The lowest BCUT2D eigenvalue weighted by molar-refractivity contribution is 0.133. The van der Waals surface area contributed by atoms with Crippen molar-refractivity contribution in [1.29, 1.82) is 0 Å². The number of hydrogen-bond donors (Lipinski definition) is 2. The zero-order valence-electron chi connectivity index (χ0n) is 10.7. The van der Waals surface area contributed by atoms with E-state index in [2.05, 4.69) is 24.1 Å². The van der Waals surface area contributed by atoms with Crippen LogP contribution in [0.15, 0.2) is 24.3 Å². The first-order valence-electron chi connectivity index (χ1n) is 6.36. The largest absolute Gasteiger partial charge is 0.508 e. The van der Waals surface area contributed by atoms with Gasteiger partial charge in [-0.05, 0) is 31.0 Å². The number of nitrogens with zero attached hydrogens (tertiary/aromatic N) is 1. The molecule has 1 aromatic carbocycles. The van der Waals surface area contributed by atoms with Gasteiger partial charge in [-0.2, -0.15) is 0 Å². The molecule has 1 atom stereocenters. The molecule has 1 aliphatic heterocycles. The first-order valence-corrected chi connectivity index (χ1v) is 6.36. The fraction of sp³-hybridized carbons (Fsp3) is 0.571. The number of nitrogens with one attached hydrogen (secondary N) is 1. The molecule has 0 aromatic heterocycles. The summed E-state index contributed by atoms with van der Waals surface area (Å²) >= 11 is 0. The molecule has 0 bridgehead atoms. The van der Waals surface area contributed by atoms with Crippen LogP contribution in [0.2, 0.25) is 0 Å². The van der Waals surface area contributed by atoms with Gasteiger partial charge in [0.05, 0.1) is 0 Å². The van der Waals surface area contributed by atoms with Gasteiger partial charge in [-0.15, -0.1) is 0 Å². The van der Waals surface area contributed by atoms with Crippen LogP contribution in [0, 0.1) is 0 Å². The molecule has 1 fully saturated rings. The van der Waals surface area contributed by atoms with Gasteiger partial charge in [0.15, 0.2) is 0 Å². The molecular weight excluding hydrogens is 212 g/mol. The van der Waals surface area contributed by atoms with Crippen LogP contribution in [0.1, 0.15) is 25.8 Å². The van der Waals surface area contributed by atoms with Gasteiger partial charge in [0.25, 0.3) is 0 Å². The summed E-state index contributed by atoms with van der Waals surface area (Å²) in [7, 11) is 0. The molecule has 0 aliphatic carbocycles. The summed E-state index contributed by atoms with van der Waals surface area (Å²) in [4.78, 5) is 2.48. The predicted octanol–water partition coefficient (Wildman–Crippen LogP) is 1.97. The number of piperazine rings is 1. The molecule has 17 heavy (non-hydrogen) atoms. The summed E-state index contributed by atoms with van der Waals surface area (Å²) in [5.41, 5.74) is 1.51. The van der Waals surface area contributed by atoms with Crippen molar-refractivity contribution in [2.24, 2.45) is 0 Å². The maximum atomic E-state index is 9.26. The Kier molecular flexibility index (Phi) is 3.69. The quantitative estimate of drug-likeness (QED) is 0.839. The standard InChI is InChI=1S/C14H22N2O/c1-3-14(2)11-16(9-8-15-14)10-12-4-6-13(17)7-5-12/h4-7,15,17H,3,8-11H2,1-2H3. The second kappa shape index (κ2) is 5.07. The third-order valence-corrected chi connectivity index (χ3v) is 3.68. The van der Waals surface area contributed by atoms with Crippen LogP contribution in [-0.2, 0) is 6.54 Å². The number of phenols is 1. The van der Waals surface area contributed by atoms with Gasteiger partial charge in [-0.25, -0.2) is 0 Å². The Morgan fingerprint density at radius 2 is 2.06 bits per heavy atom. The maximum Gasteiger partial charge on any atom is 0.115 e. The van der Waals surface area contributed by atoms with E-state index in [4.69, 9.17) is 0 Å². The van der Waals surface area contributed by atoms with E-state index in [0.29, 0.717) is 5.75 Å². The average Bonchev–Trinajstić information content (AvgIpc) is 2.32. The molecular formula is C14H22N2O. The van der Waals surface area contributed by atoms with E-state index >= 15 is 0 Å². The minimum Gasteiger partial charge on any atom is -0.508 e. The number of rotatable bonds is 3. The molecule has 0 radical (unpaired) electrons. The SMILES string of the molecule is CCC1(C)CN(Cc2ccc(O)cc2)CCN1. The first kappa shape index (κ1) is 12.4. The lowest BCUT2D eigenvalue weighted by Crippen LogP contribution is -2.58. The lowest BCUT2D eigenvalue weighted by Gasteiger charge is -2.41. The number of aromatic hydroxyl groups is 1. The van der Waals surface area contributed by atoms with E-state index in [1.807, 2.05) is 12.1 Å². The number of hydrogen-bond acceptors (Lipinski definition) is 3. The van der Waals surface area contributed by atoms with Gasteiger partial charge in [-0.3, -0.25) is 4.90 Å². The fourth-order valence-corrected chi connectivity index (χ4v) is 2.38. The van der Waals surface area contributed by atoms with Gasteiger partial charge in [0.2, 0.25) is 0 Å². The van der Waals surface area contributed by atoms with Gasteiger partial charge in [0, 0.05) is 31.7 Å². The molecule has 0 saturated carbocycles. The highest BCUT2D eigenvalue weighted by atomic mass is 16.3. The van der Waals surface area contributed by atoms with E-state index in [1.54, 1.807) is 12.1 Å². The Morgan fingerprint density at radius 1 is 1.35 bits per heavy atom. The molecule has 0 spiro atoms. The van der Waals surface area contributed by atoms with Gasteiger partial charge in [-0.1, -0.05) is 19.1 Å². The number of phenolic OH excluding ortho intramolecular Hbond substituents is 1. The van der Waals surface area contributed by atoms with Crippen molar-refractivity contribution in [3.63, 3.8) is 0 Å². The molecule has 1 unspecified atom stereocenters. The second-order valence-corrected chi connectivity index (χ2v) is 5.22. The predicted molar refractivity (Wildman–Crippen MR) is 70.1 cm³/mol. The second-order valence-electron chi connectivity index (χ2n) is 5.22. The Hall–Kier alpha value is -1.06. The van der Waals surface area contributed by atoms with Crippen molar-refractivity contribution < 1.29 is 5.11 Å². The van der Waals surface area contributed by atoms with Crippen molar-refractivity contribution in [3.8, 4) is 5.75 Å². The van der Waals surface area contributed by atoms with Gasteiger partial charge in [0.1, 0.15) is 5.75 Å². The minimum absolute atomic E-state index is 0.245. The Labute approximate surface area is 103 Å². The summed E-state index contributed by atoms with van der Waals surface area (Å²) in [6, 6.07) is 7.52. The highest BCUT2D eigenvalue weighted by molar-refractivity contribution is 5.25. The highest BCUT2D eigenvalue weighted by Gasteiger charge is 2.28. The Bertz CT molecular complexity index is 363. The molecule has 1 heterocycles. The summed E-state index contributed by atoms with van der Waals surface area (Å²) in [5, 5.41) is 12.8. The highest BCUT2D eigenvalue weighted by Crippen LogP contribution is 2.18. The average molecular weight is 234 g/mol. The lowest BCUT2D eigenvalue weighted by atomic mass is 9.95. The number of benzene rings is 1. The molecule has 0 amide bonds. The van der Waals surface area contributed by atoms with E-state index in [-0.39, 0.29) is 5.54 Å². The van der Waals surface area contributed by atoms with Crippen LogP contribution in [0.25, 0.3) is 0 Å². The molecule has 2 N–H and O–H groups in total. The molecule has 3 nitrogen and oxygen atoms in total. The Morgan fingerprint density at radius 3 is 2.71 bits per heavy atom. The summed E-state index contributed by atoms with van der Waals surface area (Å²) in [6.45, 7) is 8.73. The van der Waals surface area contributed by atoms with Crippen molar-refractivity contribution >= 4 is 0 Å². The van der Waals surface area contributed by atoms with Crippen LogP contribution >= 0.6 is 0 Å². The summed E-state index contributed by atoms with van der Waals surface area (Å²) in [6.07, 6.45) is 1.15.